The second-order valence-corrected chi connectivity index (χ2v) is 5.65. The van der Waals surface area contributed by atoms with Crippen LogP contribution in [0.4, 0.5) is 4.39 Å². The van der Waals surface area contributed by atoms with Crippen molar-refractivity contribution in [3.63, 3.8) is 0 Å². The van der Waals surface area contributed by atoms with Gasteiger partial charge in [0.1, 0.15) is 5.82 Å². The van der Waals surface area contributed by atoms with E-state index >= 15 is 0 Å². The lowest BCUT2D eigenvalue weighted by atomic mass is 10.00. The van der Waals surface area contributed by atoms with Gasteiger partial charge < -0.3 is 0 Å². The van der Waals surface area contributed by atoms with Gasteiger partial charge in [-0.3, -0.25) is 0 Å². The summed E-state index contributed by atoms with van der Waals surface area (Å²) in [7, 11) is 0. The fraction of sp³-hybridized carbons (Fsp3) is 0.250. The Morgan fingerprint density at radius 3 is 2.47 bits per heavy atom. The zero-order valence-electron chi connectivity index (χ0n) is 10.9. The molecule has 0 nitrogen and oxygen atoms in total. The molecule has 0 spiro atoms. The first-order valence-electron chi connectivity index (χ1n) is 6.13. The van der Waals surface area contributed by atoms with Crippen molar-refractivity contribution in [2.45, 2.75) is 25.6 Å². The summed E-state index contributed by atoms with van der Waals surface area (Å²) in [6.07, 6.45) is 0.384. The van der Waals surface area contributed by atoms with Crippen LogP contribution >= 0.6 is 23.2 Å². The molecule has 0 aliphatic rings. The summed E-state index contributed by atoms with van der Waals surface area (Å²) >= 11 is 12.4. The maximum absolute atomic E-state index is 13.7. The lowest BCUT2D eigenvalue weighted by Gasteiger charge is -2.13. The van der Waals surface area contributed by atoms with Crippen LogP contribution in [0.15, 0.2) is 36.4 Å². The van der Waals surface area contributed by atoms with Gasteiger partial charge in [-0.2, -0.15) is 0 Å². The van der Waals surface area contributed by atoms with E-state index in [1.807, 2.05) is 25.1 Å². The molecular weight excluding hydrogens is 282 g/mol. The molecule has 2 aromatic rings. The van der Waals surface area contributed by atoms with Gasteiger partial charge in [0.25, 0.3) is 0 Å². The van der Waals surface area contributed by atoms with Gasteiger partial charge in [0.15, 0.2) is 0 Å². The van der Waals surface area contributed by atoms with Crippen LogP contribution in [0.2, 0.25) is 5.02 Å². The summed E-state index contributed by atoms with van der Waals surface area (Å²) in [5.74, 6) is -0.304. The van der Waals surface area contributed by atoms with E-state index in [0.717, 1.165) is 5.56 Å². The van der Waals surface area contributed by atoms with Gasteiger partial charge in [-0.05, 0) is 49.1 Å². The second-order valence-electron chi connectivity index (χ2n) is 4.72. The highest BCUT2D eigenvalue weighted by Crippen LogP contribution is 2.30. The minimum absolute atomic E-state index is 0.284. The molecule has 1 atom stereocenters. The Labute approximate surface area is 123 Å². The minimum atomic E-state index is -0.304. The average Bonchev–Trinajstić information content (AvgIpc) is 2.37. The van der Waals surface area contributed by atoms with Crippen molar-refractivity contribution in [1.82, 2.24) is 0 Å². The van der Waals surface area contributed by atoms with Gasteiger partial charge in [0, 0.05) is 10.6 Å². The van der Waals surface area contributed by atoms with Crippen molar-refractivity contribution in [2.24, 2.45) is 0 Å². The Morgan fingerprint density at radius 1 is 1.11 bits per heavy atom. The monoisotopic (exact) mass is 296 g/mol. The standard InChI is InChI=1S/C16H15Cl2F/c1-10-6-7-12(8-11(10)2)15(18)9-13-14(17)4-3-5-16(13)19/h3-8,15H,9H2,1-2H3. The van der Waals surface area contributed by atoms with Crippen LogP contribution < -0.4 is 0 Å². The summed E-state index contributed by atoms with van der Waals surface area (Å²) in [5.41, 5.74) is 3.87. The molecule has 2 aromatic carbocycles. The van der Waals surface area contributed by atoms with Crippen LogP contribution in [0.5, 0.6) is 0 Å². The average molecular weight is 297 g/mol. The summed E-state index contributed by atoms with van der Waals surface area (Å²) in [6.45, 7) is 4.09. The maximum atomic E-state index is 13.7. The van der Waals surface area contributed by atoms with Gasteiger partial charge in [-0.15, -0.1) is 11.6 Å². The number of hydrogen-bond acceptors (Lipinski definition) is 0. The third-order valence-corrected chi connectivity index (χ3v) is 4.10. The van der Waals surface area contributed by atoms with Crippen molar-refractivity contribution in [1.29, 1.82) is 0 Å². The van der Waals surface area contributed by atoms with E-state index in [2.05, 4.69) is 6.92 Å². The Balaban J connectivity index is 2.25. The first kappa shape index (κ1) is 14.4. The van der Waals surface area contributed by atoms with Crippen molar-refractivity contribution in [3.05, 3.63) is 69.5 Å². The molecule has 0 aliphatic carbocycles. The quantitative estimate of drug-likeness (QED) is 0.645. The van der Waals surface area contributed by atoms with E-state index < -0.39 is 0 Å². The van der Waals surface area contributed by atoms with Crippen molar-refractivity contribution >= 4 is 23.2 Å². The van der Waals surface area contributed by atoms with E-state index in [1.54, 1.807) is 12.1 Å². The van der Waals surface area contributed by atoms with Gasteiger partial charge in [-0.25, -0.2) is 4.39 Å². The van der Waals surface area contributed by atoms with E-state index in [9.17, 15) is 4.39 Å². The van der Waals surface area contributed by atoms with Crippen molar-refractivity contribution < 1.29 is 4.39 Å². The van der Waals surface area contributed by atoms with Crippen LogP contribution in [0.25, 0.3) is 0 Å². The Kier molecular flexibility index (Phi) is 4.49. The first-order valence-corrected chi connectivity index (χ1v) is 6.94. The molecule has 0 aromatic heterocycles. The fourth-order valence-electron chi connectivity index (χ4n) is 1.98. The van der Waals surface area contributed by atoms with Crippen molar-refractivity contribution in [2.75, 3.05) is 0 Å². The Hall–Kier alpha value is -1.05. The Morgan fingerprint density at radius 2 is 1.84 bits per heavy atom. The minimum Gasteiger partial charge on any atom is -0.207 e. The number of hydrogen-bond donors (Lipinski definition) is 0. The number of rotatable bonds is 3. The largest absolute Gasteiger partial charge is 0.207 e. The van der Waals surface area contributed by atoms with Gasteiger partial charge >= 0.3 is 0 Å². The first-order chi connectivity index (χ1) is 8.99. The lowest BCUT2D eigenvalue weighted by Crippen LogP contribution is -2.00. The third kappa shape index (κ3) is 3.29. The van der Waals surface area contributed by atoms with E-state index in [0.29, 0.717) is 17.0 Å². The van der Waals surface area contributed by atoms with E-state index in [1.165, 1.54) is 17.2 Å². The fourth-order valence-corrected chi connectivity index (χ4v) is 2.51. The summed E-state index contributed by atoms with van der Waals surface area (Å²) in [6, 6.07) is 10.7. The smallest absolute Gasteiger partial charge is 0.127 e. The molecule has 0 amide bonds. The maximum Gasteiger partial charge on any atom is 0.127 e. The highest BCUT2D eigenvalue weighted by molar-refractivity contribution is 6.31. The second kappa shape index (κ2) is 5.94. The van der Waals surface area contributed by atoms with Crippen LogP contribution in [0.3, 0.4) is 0 Å². The molecule has 0 saturated carbocycles. The van der Waals surface area contributed by atoms with Gasteiger partial charge in [0.2, 0.25) is 0 Å². The number of halogens is 3. The number of benzene rings is 2. The van der Waals surface area contributed by atoms with E-state index in [-0.39, 0.29) is 11.2 Å². The lowest BCUT2D eigenvalue weighted by molar-refractivity contribution is 0.607. The Bertz CT molecular complexity index is 573. The third-order valence-electron chi connectivity index (χ3n) is 3.34. The SMILES string of the molecule is Cc1ccc(C(Cl)Cc2c(F)cccc2Cl)cc1C. The molecule has 3 heteroatoms. The van der Waals surface area contributed by atoms with Gasteiger partial charge in [-0.1, -0.05) is 35.9 Å². The van der Waals surface area contributed by atoms with Crippen LogP contribution in [0.1, 0.15) is 27.6 Å². The van der Waals surface area contributed by atoms with Crippen molar-refractivity contribution in [3.8, 4) is 0 Å². The van der Waals surface area contributed by atoms with Crippen LogP contribution in [-0.2, 0) is 6.42 Å². The van der Waals surface area contributed by atoms with Crippen LogP contribution in [-0.4, -0.2) is 0 Å². The summed E-state index contributed by atoms with van der Waals surface area (Å²) in [5, 5.41) is 0.142. The zero-order chi connectivity index (χ0) is 14.0. The topological polar surface area (TPSA) is 0 Å². The van der Waals surface area contributed by atoms with Crippen LogP contribution in [0, 0.1) is 19.7 Å². The molecule has 0 bridgehead atoms. The molecular formula is C16H15Cl2F. The predicted octanol–water partition coefficient (Wildman–Crippen LogP) is 5.62. The molecule has 2 rings (SSSR count). The molecule has 19 heavy (non-hydrogen) atoms. The zero-order valence-corrected chi connectivity index (χ0v) is 12.4. The summed E-state index contributed by atoms with van der Waals surface area (Å²) < 4.78 is 13.7. The normalized spacial score (nSPS) is 12.5. The number of aryl methyl sites for hydroxylation is 2. The molecule has 0 N–H and O–H groups in total. The highest BCUT2D eigenvalue weighted by Gasteiger charge is 2.15. The molecule has 0 heterocycles. The highest BCUT2D eigenvalue weighted by atomic mass is 35.5. The predicted molar refractivity (Wildman–Crippen MR) is 79.6 cm³/mol. The summed E-state index contributed by atoms with van der Waals surface area (Å²) in [4.78, 5) is 0. The molecule has 1 unspecified atom stereocenters. The number of alkyl halides is 1. The molecule has 0 fully saturated rings. The molecule has 0 radical (unpaired) electrons. The molecule has 0 aliphatic heterocycles. The van der Waals surface area contributed by atoms with Gasteiger partial charge in [0.05, 0.1) is 5.38 Å². The molecule has 0 saturated heterocycles. The van der Waals surface area contributed by atoms with E-state index in [4.69, 9.17) is 23.2 Å². The molecule has 100 valence electrons.